The molecular weight excluding hydrogens is 222 g/mol. The van der Waals surface area contributed by atoms with Crippen LogP contribution in [0.1, 0.15) is 20.8 Å². The summed E-state index contributed by atoms with van der Waals surface area (Å²) in [5.74, 6) is -0.831. The maximum absolute atomic E-state index is 10.9. The normalized spacial score (nSPS) is 12.8. The molecule has 0 heterocycles. The lowest BCUT2D eigenvalue weighted by atomic mass is 9.99. The van der Waals surface area contributed by atoms with Gasteiger partial charge in [0.15, 0.2) is 0 Å². The predicted molar refractivity (Wildman–Crippen MR) is 50.7 cm³/mol. The van der Waals surface area contributed by atoms with Gasteiger partial charge in [-0.25, -0.2) is 4.79 Å². The highest BCUT2D eigenvalue weighted by Gasteiger charge is 2.33. The minimum absolute atomic E-state index is 0.119. The average molecular weight is 234 g/mol. The monoisotopic (exact) mass is 232 g/mol. The topological polar surface area (TPSA) is 26.3 Å². The molecule has 0 aromatic carbocycles. The number of hydrogen-bond acceptors (Lipinski definition) is 2. The molecule has 2 nitrogen and oxygen atoms in total. The van der Waals surface area contributed by atoms with E-state index in [0.29, 0.717) is 0 Å². The van der Waals surface area contributed by atoms with Crippen molar-refractivity contribution >= 4 is 40.8 Å². The van der Waals surface area contributed by atoms with Gasteiger partial charge in [-0.2, -0.15) is 0 Å². The Labute approximate surface area is 87.1 Å². The summed E-state index contributed by atoms with van der Waals surface area (Å²) in [6.45, 7) is 5.98. The molecule has 0 amide bonds. The minimum atomic E-state index is -1.97. The summed E-state index contributed by atoms with van der Waals surface area (Å²) in [6, 6.07) is 0. The second kappa shape index (κ2) is 4.03. The molecule has 72 valence electrons. The van der Waals surface area contributed by atoms with Crippen LogP contribution in [-0.2, 0) is 9.53 Å². The van der Waals surface area contributed by atoms with Crippen LogP contribution >= 0.6 is 34.8 Å². The fraction of sp³-hybridized carbons (Fsp3) is 0.857. The van der Waals surface area contributed by atoms with E-state index in [4.69, 9.17) is 39.5 Å². The van der Waals surface area contributed by atoms with Gasteiger partial charge in [0.25, 0.3) is 3.79 Å². The summed E-state index contributed by atoms with van der Waals surface area (Å²) in [5, 5.41) is 0. The Morgan fingerprint density at radius 1 is 1.25 bits per heavy atom. The number of carbonyl (C=O) groups excluding carboxylic acids is 1. The van der Waals surface area contributed by atoms with Crippen molar-refractivity contribution in [3.63, 3.8) is 0 Å². The minimum Gasteiger partial charge on any atom is -0.462 e. The van der Waals surface area contributed by atoms with Gasteiger partial charge < -0.3 is 4.74 Å². The van der Waals surface area contributed by atoms with Crippen molar-refractivity contribution in [2.45, 2.75) is 24.6 Å². The van der Waals surface area contributed by atoms with Gasteiger partial charge in [0.05, 0.1) is 6.61 Å². The molecule has 0 saturated heterocycles. The molecule has 0 aliphatic rings. The van der Waals surface area contributed by atoms with Gasteiger partial charge in [0.2, 0.25) is 0 Å². The molecule has 0 spiro atoms. The van der Waals surface area contributed by atoms with E-state index in [1.54, 1.807) is 0 Å². The molecule has 0 bridgehead atoms. The van der Waals surface area contributed by atoms with Crippen LogP contribution in [0.5, 0.6) is 0 Å². The van der Waals surface area contributed by atoms with Crippen molar-refractivity contribution in [1.29, 1.82) is 0 Å². The fourth-order valence-corrected chi connectivity index (χ4v) is 0.528. The maximum Gasteiger partial charge on any atom is 0.358 e. The van der Waals surface area contributed by atoms with Crippen molar-refractivity contribution in [2.75, 3.05) is 6.61 Å². The standard InChI is InChI=1S/C7H11Cl3O2/c1-6(2,3)4-12-5(11)7(8,9)10/h4H2,1-3H3. The molecule has 0 fully saturated rings. The number of esters is 1. The second-order valence-electron chi connectivity index (χ2n) is 3.63. The highest BCUT2D eigenvalue weighted by molar-refractivity contribution is 6.75. The van der Waals surface area contributed by atoms with Crippen LogP contribution in [0.3, 0.4) is 0 Å². The Kier molecular flexibility index (Phi) is 4.15. The van der Waals surface area contributed by atoms with Gasteiger partial charge in [0.1, 0.15) is 0 Å². The molecule has 0 aliphatic heterocycles. The molecule has 0 saturated carbocycles. The van der Waals surface area contributed by atoms with Crippen LogP contribution < -0.4 is 0 Å². The summed E-state index contributed by atoms with van der Waals surface area (Å²) >= 11 is 15.8. The maximum atomic E-state index is 10.9. The van der Waals surface area contributed by atoms with Crippen molar-refractivity contribution in [3.8, 4) is 0 Å². The van der Waals surface area contributed by atoms with E-state index in [0.717, 1.165) is 0 Å². The average Bonchev–Trinajstić information content (AvgIpc) is 1.78. The van der Waals surface area contributed by atoms with E-state index in [-0.39, 0.29) is 12.0 Å². The third-order valence-corrected chi connectivity index (χ3v) is 1.33. The number of alkyl halides is 3. The van der Waals surface area contributed by atoms with E-state index in [1.807, 2.05) is 20.8 Å². The van der Waals surface area contributed by atoms with Crippen molar-refractivity contribution in [1.82, 2.24) is 0 Å². The third-order valence-electron chi connectivity index (χ3n) is 0.868. The van der Waals surface area contributed by atoms with E-state index < -0.39 is 9.76 Å². The largest absolute Gasteiger partial charge is 0.462 e. The Hall–Kier alpha value is 0.340. The van der Waals surface area contributed by atoms with E-state index in [1.165, 1.54) is 0 Å². The van der Waals surface area contributed by atoms with Gasteiger partial charge >= 0.3 is 5.97 Å². The molecule has 0 aliphatic carbocycles. The van der Waals surface area contributed by atoms with E-state index in [9.17, 15) is 4.79 Å². The molecule has 12 heavy (non-hydrogen) atoms. The number of hydrogen-bond donors (Lipinski definition) is 0. The van der Waals surface area contributed by atoms with E-state index >= 15 is 0 Å². The smallest absolute Gasteiger partial charge is 0.358 e. The Bertz CT molecular complexity index is 166. The van der Waals surface area contributed by atoms with Gasteiger partial charge in [-0.1, -0.05) is 55.6 Å². The first-order valence-electron chi connectivity index (χ1n) is 3.37. The molecule has 0 atom stereocenters. The molecule has 0 rings (SSSR count). The zero-order valence-corrected chi connectivity index (χ0v) is 9.43. The molecule has 0 aromatic heterocycles. The number of rotatable bonds is 1. The molecule has 0 N–H and O–H groups in total. The van der Waals surface area contributed by atoms with Crippen LogP contribution in [0.25, 0.3) is 0 Å². The first-order valence-corrected chi connectivity index (χ1v) is 4.50. The molecular formula is C7H11Cl3O2. The van der Waals surface area contributed by atoms with E-state index in [2.05, 4.69) is 0 Å². The Balaban J connectivity index is 3.90. The van der Waals surface area contributed by atoms with Crippen molar-refractivity contribution in [2.24, 2.45) is 5.41 Å². The van der Waals surface area contributed by atoms with Crippen LogP contribution in [-0.4, -0.2) is 16.4 Å². The van der Waals surface area contributed by atoms with Crippen LogP contribution in [0.4, 0.5) is 0 Å². The number of halogens is 3. The van der Waals surface area contributed by atoms with Gasteiger partial charge in [0, 0.05) is 0 Å². The first-order chi connectivity index (χ1) is 5.13. The first kappa shape index (κ1) is 12.3. The SMILES string of the molecule is CC(C)(C)COC(=O)C(Cl)(Cl)Cl. The van der Waals surface area contributed by atoms with Crippen LogP contribution in [0, 0.1) is 5.41 Å². The van der Waals surface area contributed by atoms with Crippen LogP contribution in [0.15, 0.2) is 0 Å². The molecule has 0 radical (unpaired) electrons. The lowest BCUT2D eigenvalue weighted by Gasteiger charge is -2.19. The summed E-state index contributed by atoms with van der Waals surface area (Å²) in [5.41, 5.74) is -0.119. The highest BCUT2D eigenvalue weighted by Crippen LogP contribution is 2.28. The summed E-state index contributed by atoms with van der Waals surface area (Å²) < 4.78 is 2.77. The summed E-state index contributed by atoms with van der Waals surface area (Å²) in [7, 11) is 0. The lowest BCUT2D eigenvalue weighted by Crippen LogP contribution is -2.26. The fourth-order valence-electron chi connectivity index (χ4n) is 0.364. The third kappa shape index (κ3) is 5.92. The highest BCUT2D eigenvalue weighted by atomic mass is 35.6. The summed E-state index contributed by atoms with van der Waals surface area (Å²) in [4.78, 5) is 10.9. The second-order valence-corrected chi connectivity index (χ2v) is 5.92. The molecule has 5 heteroatoms. The van der Waals surface area contributed by atoms with Crippen molar-refractivity contribution < 1.29 is 9.53 Å². The van der Waals surface area contributed by atoms with Gasteiger partial charge in [-0.3, -0.25) is 0 Å². The van der Waals surface area contributed by atoms with Gasteiger partial charge in [-0.15, -0.1) is 0 Å². The zero-order valence-electron chi connectivity index (χ0n) is 7.16. The molecule has 0 unspecified atom stereocenters. The van der Waals surface area contributed by atoms with Crippen molar-refractivity contribution in [3.05, 3.63) is 0 Å². The lowest BCUT2D eigenvalue weighted by molar-refractivity contribution is -0.145. The quantitative estimate of drug-likeness (QED) is 0.514. The predicted octanol–water partition coefficient (Wildman–Crippen LogP) is 2.95. The number of ether oxygens (including phenoxy) is 1. The van der Waals surface area contributed by atoms with Crippen LogP contribution in [0.2, 0.25) is 0 Å². The molecule has 0 aromatic rings. The summed E-state index contributed by atoms with van der Waals surface area (Å²) in [6.07, 6.45) is 0. The van der Waals surface area contributed by atoms with Gasteiger partial charge in [-0.05, 0) is 5.41 Å². The zero-order chi connectivity index (χ0) is 9.99. The number of carbonyl (C=O) groups is 1. The Morgan fingerprint density at radius 2 is 1.67 bits per heavy atom. The Morgan fingerprint density at radius 3 is 1.92 bits per heavy atom.